The zero-order chi connectivity index (χ0) is 41.0. The van der Waals surface area contributed by atoms with E-state index in [0.29, 0.717) is 5.82 Å². The lowest BCUT2D eigenvalue weighted by atomic mass is 9.83. The van der Waals surface area contributed by atoms with Crippen molar-refractivity contribution in [3.63, 3.8) is 0 Å². The standard InChI is InChI=1S/C60H38N2/c1-3-16-43(17-4-1)57-52-23-11-12-24-53(52)58(59-51-22-10-8-15-40(51)34-35-54(57)59)48-33-31-45-36-47(32-30-46(45)37-48)56-38-55(61-60(62-56)44-18-5-2-6-19-44)42-28-26-41(27-29-42)50-25-13-20-39-14-7-9-21-49(39)50/h1-38H. The van der Waals surface area contributed by atoms with Crippen LogP contribution in [-0.4, -0.2) is 9.97 Å². The molecular weight excluding hydrogens is 749 g/mol. The molecule has 0 fully saturated rings. The summed E-state index contributed by atoms with van der Waals surface area (Å²) < 4.78 is 0. The molecule has 11 aromatic carbocycles. The summed E-state index contributed by atoms with van der Waals surface area (Å²) in [6.07, 6.45) is 0. The lowest BCUT2D eigenvalue weighted by Gasteiger charge is -2.19. The van der Waals surface area contributed by atoms with Gasteiger partial charge in [0.15, 0.2) is 5.82 Å². The quantitative estimate of drug-likeness (QED) is 0.124. The van der Waals surface area contributed by atoms with Gasteiger partial charge in [-0.05, 0) is 105 Å². The molecule has 2 nitrogen and oxygen atoms in total. The summed E-state index contributed by atoms with van der Waals surface area (Å²) in [5.74, 6) is 0.705. The number of rotatable bonds is 6. The van der Waals surface area contributed by atoms with E-state index in [1.165, 1.54) is 81.9 Å². The third-order valence-corrected chi connectivity index (χ3v) is 12.4. The number of nitrogens with zero attached hydrogens (tertiary/aromatic N) is 2. The Balaban J connectivity index is 0.990. The van der Waals surface area contributed by atoms with Crippen LogP contribution < -0.4 is 0 Å². The van der Waals surface area contributed by atoms with Crippen LogP contribution in [0.1, 0.15) is 0 Å². The summed E-state index contributed by atoms with van der Waals surface area (Å²) in [5.41, 5.74) is 12.2. The fourth-order valence-corrected chi connectivity index (χ4v) is 9.48. The molecule has 62 heavy (non-hydrogen) atoms. The van der Waals surface area contributed by atoms with E-state index >= 15 is 0 Å². The highest BCUT2D eigenvalue weighted by molar-refractivity contribution is 6.28. The van der Waals surface area contributed by atoms with Gasteiger partial charge in [0.05, 0.1) is 11.4 Å². The molecule has 0 amide bonds. The molecule has 1 heterocycles. The minimum Gasteiger partial charge on any atom is -0.228 e. The molecule has 0 aliphatic carbocycles. The second-order valence-electron chi connectivity index (χ2n) is 16.1. The van der Waals surface area contributed by atoms with Crippen molar-refractivity contribution in [3.8, 4) is 67.3 Å². The smallest absolute Gasteiger partial charge is 0.160 e. The number of aromatic nitrogens is 2. The lowest BCUT2D eigenvalue weighted by molar-refractivity contribution is 1.18. The Kier molecular flexibility index (Phi) is 8.53. The van der Waals surface area contributed by atoms with Gasteiger partial charge in [0.2, 0.25) is 0 Å². The Bertz CT molecular complexity index is 3660. The van der Waals surface area contributed by atoms with E-state index in [9.17, 15) is 0 Å². The van der Waals surface area contributed by atoms with E-state index in [-0.39, 0.29) is 0 Å². The zero-order valence-corrected chi connectivity index (χ0v) is 33.8. The molecule has 0 atom stereocenters. The van der Waals surface area contributed by atoms with Gasteiger partial charge in [-0.15, -0.1) is 0 Å². The first kappa shape index (κ1) is 35.7. The number of fused-ring (bicyclic) bond motifs is 6. The van der Waals surface area contributed by atoms with Crippen molar-refractivity contribution in [2.45, 2.75) is 0 Å². The summed E-state index contributed by atoms with van der Waals surface area (Å²) in [4.78, 5) is 10.3. The average Bonchev–Trinajstić information content (AvgIpc) is 3.35. The Hall–Kier alpha value is -8.20. The van der Waals surface area contributed by atoms with Crippen molar-refractivity contribution in [1.29, 1.82) is 0 Å². The molecule has 12 aromatic rings. The van der Waals surface area contributed by atoms with Crippen LogP contribution in [0, 0.1) is 0 Å². The minimum absolute atomic E-state index is 0.705. The number of hydrogen-bond acceptors (Lipinski definition) is 2. The highest BCUT2D eigenvalue weighted by Crippen LogP contribution is 2.46. The monoisotopic (exact) mass is 786 g/mol. The summed E-state index contributed by atoms with van der Waals surface area (Å²) in [5, 5.41) is 12.4. The topological polar surface area (TPSA) is 25.8 Å². The molecule has 1 aromatic heterocycles. The predicted molar refractivity (Wildman–Crippen MR) is 262 cm³/mol. The Labute approximate surface area is 360 Å². The molecule has 2 heteroatoms. The first-order valence-electron chi connectivity index (χ1n) is 21.2. The summed E-state index contributed by atoms with van der Waals surface area (Å²) in [6, 6.07) is 83.0. The first-order valence-corrected chi connectivity index (χ1v) is 21.2. The lowest BCUT2D eigenvalue weighted by Crippen LogP contribution is -1.96. The number of benzene rings is 11. The predicted octanol–water partition coefficient (Wildman–Crippen LogP) is 16.2. The van der Waals surface area contributed by atoms with Gasteiger partial charge < -0.3 is 0 Å². The molecule has 0 radical (unpaired) electrons. The summed E-state index contributed by atoms with van der Waals surface area (Å²) in [7, 11) is 0. The van der Waals surface area contributed by atoms with E-state index in [1.54, 1.807) is 0 Å². The van der Waals surface area contributed by atoms with Crippen LogP contribution in [0.25, 0.3) is 121 Å². The van der Waals surface area contributed by atoms with Crippen LogP contribution in [0.2, 0.25) is 0 Å². The summed E-state index contributed by atoms with van der Waals surface area (Å²) >= 11 is 0. The molecule has 0 N–H and O–H groups in total. The van der Waals surface area contributed by atoms with Crippen LogP contribution in [-0.2, 0) is 0 Å². The first-order chi connectivity index (χ1) is 30.7. The molecule has 0 unspecified atom stereocenters. The van der Waals surface area contributed by atoms with Crippen LogP contribution in [0.15, 0.2) is 231 Å². The Morgan fingerprint density at radius 3 is 1.47 bits per heavy atom. The van der Waals surface area contributed by atoms with Crippen molar-refractivity contribution in [1.82, 2.24) is 9.97 Å². The van der Waals surface area contributed by atoms with Crippen LogP contribution >= 0.6 is 0 Å². The second kappa shape index (κ2) is 14.8. The molecular formula is C60H38N2. The third kappa shape index (κ3) is 6.12. The fraction of sp³-hybridized carbons (Fsp3) is 0. The normalized spacial score (nSPS) is 11.5. The Morgan fingerprint density at radius 1 is 0.242 bits per heavy atom. The van der Waals surface area contributed by atoms with Crippen LogP contribution in [0.3, 0.4) is 0 Å². The van der Waals surface area contributed by atoms with E-state index < -0.39 is 0 Å². The maximum absolute atomic E-state index is 5.19. The van der Waals surface area contributed by atoms with Gasteiger partial charge in [-0.3, -0.25) is 0 Å². The van der Waals surface area contributed by atoms with Gasteiger partial charge in [-0.2, -0.15) is 0 Å². The molecule has 0 bridgehead atoms. The molecule has 0 saturated carbocycles. The van der Waals surface area contributed by atoms with Crippen molar-refractivity contribution >= 4 is 53.9 Å². The Morgan fingerprint density at radius 2 is 0.742 bits per heavy atom. The largest absolute Gasteiger partial charge is 0.228 e. The van der Waals surface area contributed by atoms with Crippen molar-refractivity contribution < 1.29 is 0 Å². The van der Waals surface area contributed by atoms with E-state index in [4.69, 9.17) is 9.97 Å². The second-order valence-corrected chi connectivity index (χ2v) is 16.1. The highest BCUT2D eigenvalue weighted by Gasteiger charge is 2.19. The zero-order valence-electron chi connectivity index (χ0n) is 33.8. The van der Waals surface area contributed by atoms with Crippen molar-refractivity contribution in [3.05, 3.63) is 231 Å². The van der Waals surface area contributed by atoms with Gasteiger partial charge in [-0.25, -0.2) is 9.97 Å². The van der Waals surface area contributed by atoms with Crippen molar-refractivity contribution in [2.24, 2.45) is 0 Å². The average molecular weight is 787 g/mol. The number of hydrogen-bond donors (Lipinski definition) is 0. The minimum atomic E-state index is 0.705. The van der Waals surface area contributed by atoms with Gasteiger partial charge in [0.1, 0.15) is 0 Å². The molecule has 0 aliphatic rings. The van der Waals surface area contributed by atoms with E-state index in [1.807, 2.05) is 18.2 Å². The van der Waals surface area contributed by atoms with Crippen LogP contribution in [0.4, 0.5) is 0 Å². The van der Waals surface area contributed by atoms with Gasteiger partial charge >= 0.3 is 0 Å². The molecule has 12 rings (SSSR count). The highest BCUT2D eigenvalue weighted by atomic mass is 14.9. The maximum atomic E-state index is 5.19. The fourth-order valence-electron chi connectivity index (χ4n) is 9.48. The molecule has 288 valence electrons. The SMILES string of the molecule is c1ccc(-c2nc(-c3ccc(-c4cccc5ccccc45)cc3)cc(-c3ccc4cc(-c5c6ccccc6c(-c6ccccc6)c6ccc7ccccc7c56)ccc4c3)n2)cc1. The maximum Gasteiger partial charge on any atom is 0.160 e. The molecule has 0 spiro atoms. The van der Waals surface area contributed by atoms with E-state index in [2.05, 4.69) is 212 Å². The van der Waals surface area contributed by atoms with Crippen LogP contribution in [0.5, 0.6) is 0 Å². The van der Waals surface area contributed by atoms with Gasteiger partial charge in [0, 0.05) is 16.7 Å². The molecule has 0 aliphatic heterocycles. The summed E-state index contributed by atoms with van der Waals surface area (Å²) in [6.45, 7) is 0. The molecule has 0 saturated heterocycles. The van der Waals surface area contributed by atoms with Gasteiger partial charge in [-0.1, -0.05) is 212 Å². The van der Waals surface area contributed by atoms with Crippen molar-refractivity contribution in [2.75, 3.05) is 0 Å². The third-order valence-electron chi connectivity index (χ3n) is 12.4. The van der Waals surface area contributed by atoms with Gasteiger partial charge in [0.25, 0.3) is 0 Å². The van der Waals surface area contributed by atoms with E-state index in [0.717, 1.165) is 33.5 Å².